The molecule has 0 aromatic heterocycles. The van der Waals surface area contributed by atoms with Gasteiger partial charge in [0.15, 0.2) is 6.61 Å². The van der Waals surface area contributed by atoms with Crippen molar-refractivity contribution >= 4 is 35.0 Å². The van der Waals surface area contributed by atoms with E-state index in [0.29, 0.717) is 36.8 Å². The Hall–Kier alpha value is -2.55. The lowest BCUT2D eigenvalue weighted by Gasteiger charge is -2.28. The first-order chi connectivity index (χ1) is 15.4. The van der Waals surface area contributed by atoms with Crippen molar-refractivity contribution in [2.24, 2.45) is 0 Å². The summed E-state index contributed by atoms with van der Waals surface area (Å²) in [6.45, 7) is 0.593. The van der Waals surface area contributed by atoms with Crippen LogP contribution in [0.2, 0.25) is 10.0 Å². The minimum Gasteiger partial charge on any atom is -0.492 e. The van der Waals surface area contributed by atoms with E-state index >= 15 is 0 Å². The molecule has 0 radical (unpaired) electrons. The van der Waals surface area contributed by atoms with Gasteiger partial charge in [0.25, 0.3) is 5.91 Å². The monoisotopic (exact) mass is 484 g/mol. The molecule has 0 spiro atoms. The van der Waals surface area contributed by atoms with Gasteiger partial charge in [-0.2, -0.15) is 0 Å². The highest BCUT2D eigenvalue weighted by molar-refractivity contribution is 6.30. The van der Waals surface area contributed by atoms with Crippen LogP contribution in [0.4, 0.5) is 4.39 Å². The van der Waals surface area contributed by atoms with Crippen molar-refractivity contribution in [1.29, 1.82) is 0 Å². The summed E-state index contributed by atoms with van der Waals surface area (Å²) in [5.41, 5.74) is 0. The topological polar surface area (TPSA) is 85.9 Å². The Morgan fingerprint density at radius 3 is 2.50 bits per heavy atom. The van der Waals surface area contributed by atoms with Gasteiger partial charge in [-0.25, -0.2) is 4.39 Å². The second kappa shape index (κ2) is 11.9. The highest BCUT2D eigenvalue weighted by Gasteiger charge is 2.27. The van der Waals surface area contributed by atoms with Crippen LogP contribution in [0.1, 0.15) is 12.8 Å². The lowest BCUT2D eigenvalue weighted by atomic mass is 10.0. The van der Waals surface area contributed by atoms with Gasteiger partial charge < -0.3 is 24.8 Å². The van der Waals surface area contributed by atoms with E-state index in [-0.39, 0.29) is 41.8 Å². The van der Waals surface area contributed by atoms with Crippen molar-refractivity contribution in [2.45, 2.75) is 25.0 Å². The zero-order valence-corrected chi connectivity index (χ0v) is 18.6. The van der Waals surface area contributed by atoms with Gasteiger partial charge in [-0.05, 0) is 49.2 Å². The molecule has 0 bridgehead atoms. The first kappa shape index (κ1) is 24.1. The largest absolute Gasteiger partial charge is 0.492 e. The van der Waals surface area contributed by atoms with Crippen LogP contribution >= 0.6 is 23.2 Å². The van der Waals surface area contributed by atoms with Crippen LogP contribution in [0.3, 0.4) is 0 Å². The molecule has 1 fully saturated rings. The predicted octanol–water partition coefficient (Wildman–Crippen LogP) is 3.37. The van der Waals surface area contributed by atoms with Crippen LogP contribution in [0.5, 0.6) is 11.5 Å². The minimum absolute atomic E-state index is 0.0196. The van der Waals surface area contributed by atoms with Crippen molar-refractivity contribution in [3.05, 3.63) is 58.3 Å². The van der Waals surface area contributed by atoms with Crippen LogP contribution < -0.4 is 20.1 Å². The summed E-state index contributed by atoms with van der Waals surface area (Å²) in [5.74, 6) is -0.329. The molecule has 1 saturated heterocycles. The van der Waals surface area contributed by atoms with Crippen LogP contribution in [-0.2, 0) is 14.3 Å². The first-order valence-electron chi connectivity index (χ1n) is 10.1. The molecule has 1 aliphatic rings. The van der Waals surface area contributed by atoms with Crippen LogP contribution in [0, 0.1) is 5.82 Å². The van der Waals surface area contributed by atoms with Gasteiger partial charge in [0.1, 0.15) is 30.0 Å². The van der Waals surface area contributed by atoms with E-state index in [1.54, 1.807) is 24.3 Å². The van der Waals surface area contributed by atoms with Crippen molar-refractivity contribution in [3.63, 3.8) is 0 Å². The predicted molar refractivity (Wildman–Crippen MR) is 118 cm³/mol. The summed E-state index contributed by atoms with van der Waals surface area (Å²) in [5, 5.41) is 6.16. The van der Waals surface area contributed by atoms with Crippen molar-refractivity contribution in [1.82, 2.24) is 10.6 Å². The summed E-state index contributed by atoms with van der Waals surface area (Å²) in [7, 11) is 0. The summed E-state index contributed by atoms with van der Waals surface area (Å²) in [4.78, 5) is 24.3. The lowest BCUT2D eigenvalue weighted by Crippen LogP contribution is -2.48. The molecule has 1 heterocycles. The number of halogens is 3. The molecule has 2 amide bonds. The molecular formula is C22H23Cl2FN2O5. The maximum atomic E-state index is 13.4. The first-order valence-corrected chi connectivity index (χ1v) is 10.8. The average molecular weight is 485 g/mol. The SMILES string of the molecule is O=C(COc1ccc(Cl)c(F)c1)N[C@@H]1CC[C@@H](C(=O)NCCOc2ccc(Cl)cc2)OC1. The molecule has 2 aromatic carbocycles. The molecule has 2 aromatic rings. The Labute approximate surface area is 195 Å². The third-order valence-electron chi connectivity index (χ3n) is 4.68. The number of hydrogen-bond acceptors (Lipinski definition) is 5. The van der Waals surface area contributed by atoms with Crippen LogP contribution in [-0.4, -0.2) is 50.3 Å². The van der Waals surface area contributed by atoms with E-state index in [2.05, 4.69) is 10.6 Å². The van der Waals surface area contributed by atoms with Gasteiger partial charge in [-0.15, -0.1) is 0 Å². The zero-order valence-electron chi connectivity index (χ0n) is 17.1. The maximum Gasteiger partial charge on any atom is 0.258 e. The number of amides is 2. The molecule has 3 rings (SSSR count). The van der Waals surface area contributed by atoms with E-state index in [1.807, 2.05) is 0 Å². The molecule has 2 atom stereocenters. The molecule has 1 aliphatic heterocycles. The van der Waals surface area contributed by atoms with Crippen molar-refractivity contribution < 1.29 is 28.2 Å². The number of carbonyl (C=O) groups excluding carboxylic acids is 2. The Morgan fingerprint density at radius 2 is 1.81 bits per heavy atom. The standard InChI is InChI=1S/C22H23Cl2FN2O5/c23-14-1-4-16(5-2-14)30-10-9-26-22(29)20-8-3-15(12-32-20)27-21(28)13-31-17-6-7-18(24)19(25)11-17/h1-2,4-7,11,15,20H,3,8-10,12-13H2,(H,26,29)(H,27,28)/t15-,20+/m1/s1. The van der Waals surface area contributed by atoms with E-state index in [4.69, 9.17) is 37.4 Å². The normalized spacial score (nSPS) is 18.0. The molecule has 32 heavy (non-hydrogen) atoms. The third-order valence-corrected chi connectivity index (χ3v) is 5.24. The summed E-state index contributed by atoms with van der Waals surface area (Å²) >= 11 is 11.4. The van der Waals surface area contributed by atoms with Crippen LogP contribution in [0.25, 0.3) is 0 Å². The van der Waals surface area contributed by atoms with Gasteiger partial charge in [-0.3, -0.25) is 9.59 Å². The van der Waals surface area contributed by atoms with Gasteiger partial charge in [0, 0.05) is 11.1 Å². The highest BCUT2D eigenvalue weighted by Crippen LogP contribution is 2.20. The fourth-order valence-electron chi connectivity index (χ4n) is 3.04. The summed E-state index contributed by atoms with van der Waals surface area (Å²) < 4.78 is 29.8. The smallest absolute Gasteiger partial charge is 0.258 e. The molecule has 172 valence electrons. The number of ether oxygens (including phenoxy) is 3. The Kier molecular flexibility index (Phi) is 8.96. The van der Waals surface area contributed by atoms with Crippen LogP contribution in [0.15, 0.2) is 42.5 Å². The number of hydrogen-bond donors (Lipinski definition) is 2. The Balaban J connectivity index is 1.29. The van der Waals surface area contributed by atoms with E-state index in [1.165, 1.54) is 12.1 Å². The van der Waals surface area contributed by atoms with Gasteiger partial charge in [0.2, 0.25) is 5.91 Å². The number of carbonyl (C=O) groups is 2. The van der Waals surface area contributed by atoms with Gasteiger partial charge >= 0.3 is 0 Å². The third kappa shape index (κ3) is 7.55. The molecular weight excluding hydrogens is 462 g/mol. The summed E-state index contributed by atoms with van der Waals surface area (Å²) in [6.07, 6.45) is 0.477. The Morgan fingerprint density at radius 1 is 1.06 bits per heavy atom. The van der Waals surface area contributed by atoms with Crippen molar-refractivity contribution in [2.75, 3.05) is 26.4 Å². The van der Waals surface area contributed by atoms with E-state index in [0.717, 1.165) is 6.07 Å². The average Bonchev–Trinajstić information content (AvgIpc) is 2.79. The number of benzene rings is 2. The second-order valence-corrected chi connectivity index (χ2v) is 7.97. The quantitative estimate of drug-likeness (QED) is 0.533. The van der Waals surface area contributed by atoms with Crippen molar-refractivity contribution in [3.8, 4) is 11.5 Å². The summed E-state index contributed by atoms with van der Waals surface area (Å²) in [6, 6.07) is 10.7. The molecule has 2 N–H and O–H groups in total. The molecule has 0 aliphatic carbocycles. The fourth-order valence-corrected chi connectivity index (χ4v) is 3.29. The zero-order chi connectivity index (χ0) is 22.9. The molecule has 7 nitrogen and oxygen atoms in total. The lowest BCUT2D eigenvalue weighted by molar-refractivity contribution is -0.137. The maximum absolute atomic E-state index is 13.4. The highest BCUT2D eigenvalue weighted by atomic mass is 35.5. The van der Waals surface area contributed by atoms with E-state index < -0.39 is 11.9 Å². The second-order valence-electron chi connectivity index (χ2n) is 7.12. The number of rotatable bonds is 9. The fraction of sp³-hybridized carbons (Fsp3) is 0.364. The Bertz CT molecular complexity index is 921. The van der Waals surface area contributed by atoms with Gasteiger partial charge in [0.05, 0.1) is 24.2 Å². The van der Waals surface area contributed by atoms with E-state index in [9.17, 15) is 14.0 Å². The molecule has 0 saturated carbocycles. The molecule has 0 unspecified atom stereocenters. The minimum atomic E-state index is -0.619. The number of nitrogens with one attached hydrogen (secondary N) is 2. The molecule has 10 heteroatoms. The van der Waals surface area contributed by atoms with Gasteiger partial charge in [-0.1, -0.05) is 23.2 Å².